The van der Waals surface area contributed by atoms with Crippen LogP contribution in [-0.2, 0) is 16.1 Å². The van der Waals surface area contributed by atoms with Gasteiger partial charge in [0.05, 0.1) is 11.7 Å². The molecule has 0 saturated heterocycles. The standard InChI is InChI=1S/C25H28N4O3S/c1-5-33-25-27-24-26-17(4)21(23(30)31-15-18-10-7-6-8-11-18)22(29(24)28-25)19-12-9-13-20(14-19)32-16(2)3/h6-14,16,22H,5,15H2,1-4H3,(H,26,27,28). The number of allylic oxidation sites excluding steroid dienone is 1. The molecule has 1 aliphatic rings. The van der Waals surface area contributed by atoms with Gasteiger partial charge in [-0.3, -0.25) is 0 Å². The number of benzene rings is 2. The van der Waals surface area contributed by atoms with Crippen molar-refractivity contribution in [2.45, 2.75) is 51.6 Å². The fourth-order valence-corrected chi connectivity index (χ4v) is 4.28. The summed E-state index contributed by atoms with van der Waals surface area (Å²) in [4.78, 5) is 18.0. The first kappa shape index (κ1) is 22.9. The molecule has 7 nitrogen and oxygen atoms in total. The van der Waals surface area contributed by atoms with Crippen LogP contribution in [-0.4, -0.2) is 32.6 Å². The highest BCUT2D eigenvalue weighted by molar-refractivity contribution is 7.99. The monoisotopic (exact) mass is 464 g/mol. The fourth-order valence-electron chi connectivity index (χ4n) is 3.73. The zero-order valence-electron chi connectivity index (χ0n) is 19.2. The van der Waals surface area contributed by atoms with Gasteiger partial charge in [-0.15, -0.1) is 5.10 Å². The summed E-state index contributed by atoms with van der Waals surface area (Å²) in [6, 6.07) is 16.9. The lowest BCUT2D eigenvalue weighted by Gasteiger charge is -2.28. The molecule has 1 atom stereocenters. The fraction of sp³-hybridized carbons (Fsp3) is 0.320. The Kier molecular flexibility index (Phi) is 7.03. The summed E-state index contributed by atoms with van der Waals surface area (Å²) >= 11 is 1.55. The topological polar surface area (TPSA) is 78.3 Å². The molecule has 0 radical (unpaired) electrons. The number of carbonyl (C=O) groups excluding carboxylic acids is 1. The maximum Gasteiger partial charge on any atom is 0.338 e. The van der Waals surface area contributed by atoms with E-state index in [0.29, 0.717) is 22.4 Å². The van der Waals surface area contributed by atoms with Crippen molar-refractivity contribution in [1.82, 2.24) is 14.8 Å². The lowest BCUT2D eigenvalue weighted by molar-refractivity contribution is -0.140. The number of ether oxygens (including phenoxy) is 2. The molecule has 0 amide bonds. The lowest BCUT2D eigenvalue weighted by Crippen LogP contribution is -2.29. The Morgan fingerprint density at radius 3 is 2.70 bits per heavy atom. The summed E-state index contributed by atoms with van der Waals surface area (Å²) in [6.45, 7) is 8.08. The molecule has 8 heteroatoms. The minimum absolute atomic E-state index is 0.0374. The molecule has 4 rings (SSSR count). The molecule has 33 heavy (non-hydrogen) atoms. The number of thioether (sulfide) groups is 1. The summed E-state index contributed by atoms with van der Waals surface area (Å²) in [7, 11) is 0. The summed E-state index contributed by atoms with van der Waals surface area (Å²) in [5.74, 6) is 1.79. The first-order valence-corrected chi connectivity index (χ1v) is 12.0. The summed E-state index contributed by atoms with van der Waals surface area (Å²) in [5, 5.41) is 8.59. The molecule has 0 fully saturated rings. The molecule has 0 bridgehead atoms. The molecule has 1 unspecified atom stereocenters. The van der Waals surface area contributed by atoms with E-state index in [9.17, 15) is 4.79 Å². The molecule has 1 aliphatic heterocycles. The number of hydrogen-bond acceptors (Lipinski definition) is 7. The number of nitrogens with one attached hydrogen (secondary N) is 1. The van der Waals surface area contributed by atoms with E-state index in [0.717, 1.165) is 22.6 Å². The van der Waals surface area contributed by atoms with Crippen LogP contribution < -0.4 is 10.1 Å². The van der Waals surface area contributed by atoms with Gasteiger partial charge in [-0.25, -0.2) is 9.48 Å². The van der Waals surface area contributed by atoms with Gasteiger partial charge in [-0.2, -0.15) is 4.98 Å². The van der Waals surface area contributed by atoms with Gasteiger partial charge in [-0.05, 0) is 49.8 Å². The average Bonchev–Trinajstić information content (AvgIpc) is 3.19. The highest BCUT2D eigenvalue weighted by Crippen LogP contribution is 2.37. The number of rotatable bonds is 8. The Morgan fingerprint density at radius 2 is 1.97 bits per heavy atom. The quantitative estimate of drug-likeness (QED) is 0.362. The van der Waals surface area contributed by atoms with Gasteiger partial charge in [0, 0.05) is 5.70 Å². The van der Waals surface area contributed by atoms with Gasteiger partial charge in [0.2, 0.25) is 11.1 Å². The Bertz CT molecular complexity index is 1160. The summed E-state index contributed by atoms with van der Waals surface area (Å²) in [6.07, 6.45) is 0.0374. The number of carbonyl (C=O) groups is 1. The predicted octanol–water partition coefficient (Wildman–Crippen LogP) is 5.21. The maximum absolute atomic E-state index is 13.4. The van der Waals surface area contributed by atoms with Crippen molar-refractivity contribution in [1.29, 1.82) is 0 Å². The minimum Gasteiger partial charge on any atom is -0.491 e. The van der Waals surface area contributed by atoms with Crippen molar-refractivity contribution in [3.05, 3.63) is 77.0 Å². The van der Waals surface area contributed by atoms with Crippen LogP contribution >= 0.6 is 11.8 Å². The van der Waals surface area contributed by atoms with Crippen LogP contribution in [0.15, 0.2) is 71.0 Å². The minimum atomic E-state index is -0.487. The Hall–Kier alpha value is -3.26. The maximum atomic E-state index is 13.4. The second-order valence-corrected chi connectivity index (χ2v) is 9.19. The van der Waals surface area contributed by atoms with Gasteiger partial charge in [0.1, 0.15) is 18.4 Å². The molecule has 3 aromatic rings. The molecule has 2 heterocycles. The third-order valence-electron chi connectivity index (χ3n) is 5.08. The zero-order valence-corrected chi connectivity index (χ0v) is 20.1. The van der Waals surface area contributed by atoms with E-state index in [1.807, 2.05) is 75.4 Å². The second-order valence-electron chi connectivity index (χ2n) is 7.96. The van der Waals surface area contributed by atoms with Crippen molar-refractivity contribution in [2.75, 3.05) is 11.1 Å². The van der Waals surface area contributed by atoms with Crippen LogP contribution in [0.4, 0.5) is 5.95 Å². The first-order chi connectivity index (χ1) is 16.0. The molecule has 0 aliphatic carbocycles. The summed E-state index contributed by atoms with van der Waals surface area (Å²) in [5.41, 5.74) is 3.00. The van der Waals surface area contributed by atoms with Crippen LogP contribution in [0.3, 0.4) is 0 Å². The Balaban J connectivity index is 1.72. The largest absolute Gasteiger partial charge is 0.491 e. The van der Waals surface area contributed by atoms with Crippen LogP contribution in [0.25, 0.3) is 0 Å². The molecular formula is C25H28N4O3S. The van der Waals surface area contributed by atoms with Crippen molar-refractivity contribution in [3.63, 3.8) is 0 Å². The van der Waals surface area contributed by atoms with Crippen LogP contribution in [0.5, 0.6) is 5.75 Å². The molecular weight excluding hydrogens is 436 g/mol. The van der Waals surface area contributed by atoms with E-state index in [4.69, 9.17) is 14.6 Å². The van der Waals surface area contributed by atoms with Crippen LogP contribution in [0, 0.1) is 0 Å². The van der Waals surface area contributed by atoms with E-state index in [2.05, 4.69) is 17.2 Å². The molecule has 2 aromatic carbocycles. The average molecular weight is 465 g/mol. The first-order valence-electron chi connectivity index (χ1n) is 11.0. The van der Waals surface area contributed by atoms with Gasteiger partial charge in [0.15, 0.2) is 0 Å². The number of aromatic nitrogens is 3. The van der Waals surface area contributed by atoms with Crippen molar-refractivity contribution >= 4 is 23.7 Å². The normalized spacial score (nSPS) is 15.2. The number of esters is 1. The van der Waals surface area contributed by atoms with Crippen molar-refractivity contribution in [2.24, 2.45) is 0 Å². The zero-order chi connectivity index (χ0) is 23.4. The highest BCUT2D eigenvalue weighted by Gasteiger charge is 2.35. The van der Waals surface area contributed by atoms with Gasteiger partial charge >= 0.3 is 5.97 Å². The van der Waals surface area contributed by atoms with Crippen LogP contribution in [0.2, 0.25) is 0 Å². The Morgan fingerprint density at radius 1 is 1.18 bits per heavy atom. The highest BCUT2D eigenvalue weighted by atomic mass is 32.2. The molecule has 1 N–H and O–H groups in total. The number of fused-ring (bicyclic) bond motifs is 1. The molecule has 0 spiro atoms. The van der Waals surface area contributed by atoms with E-state index in [1.165, 1.54) is 0 Å². The van der Waals surface area contributed by atoms with Gasteiger partial charge in [0.25, 0.3) is 0 Å². The van der Waals surface area contributed by atoms with E-state index >= 15 is 0 Å². The SMILES string of the molecule is CCSc1nc2n(n1)C(c1cccc(OC(C)C)c1)C(C(=O)OCc1ccccc1)=C(C)N2. The van der Waals surface area contributed by atoms with E-state index < -0.39 is 12.0 Å². The molecule has 1 aromatic heterocycles. The summed E-state index contributed by atoms with van der Waals surface area (Å²) < 4.78 is 13.4. The third kappa shape index (κ3) is 5.22. The third-order valence-corrected chi connectivity index (χ3v) is 5.80. The number of hydrogen-bond donors (Lipinski definition) is 1. The molecule has 172 valence electrons. The lowest BCUT2D eigenvalue weighted by atomic mass is 9.95. The number of nitrogens with zero attached hydrogens (tertiary/aromatic N) is 3. The molecule has 0 saturated carbocycles. The van der Waals surface area contributed by atoms with E-state index in [1.54, 1.807) is 16.4 Å². The van der Waals surface area contributed by atoms with Gasteiger partial charge in [-0.1, -0.05) is 61.2 Å². The predicted molar refractivity (Wildman–Crippen MR) is 129 cm³/mol. The smallest absolute Gasteiger partial charge is 0.338 e. The van der Waals surface area contributed by atoms with Crippen molar-refractivity contribution < 1.29 is 14.3 Å². The van der Waals surface area contributed by atoms with Crippen molar-refractivity contribution in [3.8, 4) is 5.75 Å². The van der Waals surface area contributed by atoms with E-state index in [-0.39, 0.29) is 12.7 Å². The Labute approximate surface area is 198 Å². The second kappa shape index (κ2) is 10.1. The number of anilines is 1. The van der Waals surface area contributed by atoms with Gasteiger partial charge < -0.3 is 14.8 Å². The van der Waals surface area contributed by atoms with Crippen LogP contribution in [0.1, 0.15) is 44.9 Å².